The van der Waals surface area contributed by atoms with Crippen LogP contribution >= 0.6 is 0 Å². The summed E-state index contributed by atoms with van der Waals surface area (Å²) >= 11 is 0. The minimum absolute atomic E-state index is 0.206. The van der Waals surface area contributed by atoms with E-state index in [1.54, 1.807) is 42.6 Å². The molecule has 1 saturated heterocycles. The lowest BCUT2D eigenvalue weighted by molar-refractivity contribution is 0.0335. The van der Waals surface area contributed by atoms with Gasteiger partial charge in [0.25, 0.3) is 10.0 Å². The van der Waals surface area contributed by atoms with E-state index in [1.807, 2.05) is 24.5 Å². The molecule has 9 heteroatoms. The van der Waals surface area contributed by atoms with Gasteiger partial charge in [0.15, 0.2) is 0 Å². The predicted octanol–water partition coefficient (Wildman–Crippen LogP) is 3.03. The number of pyridine rings is 2. The number of ether oxygens (including phenoxy) is 1. The Balaban J connectivity index is 1.42. The first-order valence-electron chi connectivity index (χ1n) is 10.4. The molecule has 0 aliphatic carbocycles. The lowest BCUT2D eigenvalue weighted by Crippen LogP contribution is -2.35. The summed E-state index contributed by atoms with van der Waals surface area (Å²) in [5, 5.41) is 0. The molecule has 0 unspecified atom stereocenters. The molecule has 8 nitrogen and oxygen atoms in total. The van der Waals surface area contributed by atoms with Crippen LogP contribution in [0.5, 0.6) is 0 Å². The van der Waals surface area contributed by atoms with Gasteiger partial charge in [-0.25, -0.2) is 13.4 Å². The molecule has 32 heavy (non-hydrogen) atoms. The van der Waals surface area contributed by atoms with E-state index in [4.69, 9.17) is 4.74 Å². The van der Waals surface area contributed by atoms with Crippen LogP contribution in [0.25, 0.3) is 16.8 Å². The molecule has 1 aliphatic heterocycles. The van der Waals surface area contributed by atoms with E-state index in [0.717, 1.165) is 55.3 Å². The number of sulfonamides is 1. The molecule has 0 spiro atoms. The molecule has 4 heterocycles. The Hall–Kier alpha value is -3.27. The molecule has 3 aromatic heterocycles. The maximum Gasteiger partial charge on any atom is 0.261 e. The second-order valence-corrected chi connectivity index (χ2v) is 9.35. The van der Waals surface area contributed by atoms with Gasteiger partial charge in [-0.3, -0.25) is 14.6 Å². The highest BCUT2D eigenvalue weighted by molar-refractivity contribution is 7.92. The number of morpholine rings is 1. The summed E-state index contributed by atoms with van der Waals surface area (Å²) in [6.07, 6.45) is 7.14. The number of imidazole rings is 1. The second kappa shape index (κ2) is 8.70. The van der Waals surface area contributed by atoms with Gasteiger partial charge >= 0.3 is 0 Å². The lowest BCUT2D eigenvalue weighted by Gasteiger charge is -2.26. The van der Waals surface area contributed by atoms with Gasteiger partial charge in [-0.15, -0.1) is 0 Å². The van der Waals surface area contributed by atoms with Gasteiger partial charge in [-0.2, -0.15) is 0 Å². The summed E-state index contributed by atoms with van der Waals surface area (Å²) in [4.78, 5) is 11.3. The average molecular weight is 450 g/mol. The number of benzene rings is 1. The van der Waals surface area contributed by atoms with E-state index in [-0.39, 0.29) is 4.90 Å². The van der Waals surface area contributed by atoms with Crippen molar-refractivity contribution in [3.8, 4) is 11.1 Å². The average Bonchev–Trinajstić information content (AvgIpc) is 3.22. The Kier molecular flexibility index (Phi) is 5.60. The Labute approximate surface area is 186 Å². The molecule has 0 bridgehead atoms. The highest BCUT2D eigenvalue weighted by Gasteiger charge is 2.16. The van der Waals surface area contributed by atoms with Crippen LogP contribution in [0.1, 0.15) is 5.69 Å². The van der Waals surface area contributed by atoms with Crippen molar-refractivity contribution in [1.82, 2.24) is 19.3 Å². The smallest absolute Gasteiger partial charge is 0.261 e. The Morgan fingerprint density at radius 1 is 0.969 bits per heavy atom. The SMILES string of the molecule is O=S(=O)(Nc1cncc(-c2ccc3ncc(CN4CCOCC4)n3c2)c1)c1ccccc1. The normalized spacial score (nSPS) is 15.1. The third kappa shape index (κ3) is 4.36. The minimum Gasteiger partial charge on any atom is -0.379 e. The molecule has 1 fully saturated rings. The Morgan fingerprint density at radius 3 is 2.59 bits per heavy atom. The maximum absolute atomic E-state index is 12.7. The zero-order valence-corrected chi connectivity index (χ0v) is 18.2. The van der Waals surface area contributed by atoms with Gasteiger partial charge < -0.3 is 9.14 Å². The van der Waals surface area contributed by atoms with Crippen molar-refractivity contribution in [3.05, 3.63) is 79.0 Å². The highest BCUT2D eigenvalue weighted by atomic mass is 32.2. The summed E-state index contributed by atoms with van der Waals surface area (Å²) in [6.45, 7) is 4.10. The van der Waals surface area contributed by atoms with Crippen molar-refractivity contribution < 1.29 is 13.2 Å². The molecule has 0 atom stereocenters. The van der Waals surface area contributed by atoms with E-state index >= 15 is 0 Å². The molecule has 1 aromatic carbocycles. The van der Waals surface area contributed by atoms with E-state index in [1.165, 1.54) is 6.20 Å². The number of fused-ring (bicyclic) bond motifs is 1. The second-order valence-electron chi connectivity index (χ2n) is 7.66. The van der Waals surface area contributed by atoms with Gasteiger partial charge in [-0.05, 0) is 30.3 Å². The molecule has 4 aromatic rings. The monoisotopic (exact) mass is 449 g/mol. The predicted molar refractivity (Wildman–Crippen MR) is 122 cm³/mol. The van der Waals surface area contributed by atoms with Crippen LogP contribution in [0.15, 0.2) is 78.2 Å². The molecule has 5 rings (SSSR count). The van der Waals surface area contributed by atoms with E-state index in [9.17, 15) is 8.42 Å². The molecular formula is C23H23N5O3S. The highest BCUT2D eigenvalue weighted by Crippen LogP contribution is 2.24. The molecule has 0 radical (unpaired) electrons. The molecular weight excluding hydrogens is 426 g/mol. The third-order valence-corrected chi connectivity index (χ3v) is 6.85. The van der Waals surface area contributed by atoms with Crippen LogP contribution in [0.3, 0.4) is 0 Å². The quantitative estimate of drug-likeness (QED) is 0.487. The fourth-order valence-electron chi connectivity index (χ4n) is 3.77. The van der Waals surface area contributed by atoms with Crippen LogP contribution in [0.2, 0.25) is 0 Å². The standard InChI is InChI=1S/C23H23N5O3S/c29-32(30,22-4-2-1-3-5-22)26-20-12-19(13-24-14-20)18-6-7-23-25-15-21(28(23)16-18)17-27-8-10-31-11-9-27/h1-7,12-16,26H,8-11,17H2. The number of aromatic nitrogens is 3. The van der Waals surface area contributed by atoms with Crippen molar-refractivity contribution in [2.24, 2.45) is 0 Å². The first-order chi connectivity index (χ1) is 15.6. The molecule has 164 valence electrons. The minimum atomic E-state index is -3.68. The van der Waals surface area contributed by atoms with Crippen LogP contribution < -0.4 is 4.72 Å². The van der Waals surface area contributed by atoms with Crippen LogP contribution in [-0.4, -0.2) is 54.0 Å². The van der Waals surface area contributed by atoms with Crippen LogP contribution in [0, 0.1) is 0 Å². The van der Waals surface area contributed by atoms with Crippen molar-refractivity contribution in [3.63, 3.8) is 0 Å². The summed E-state index contributed by atoms with van der Waals surface area (Å²) < 4.78 is 35.4. The fourth-order valence-corrected chi connectivity index (χ4v) is 4.83. The molecule has 1 N–H and O–H groups in total. The number of nitrogens with zero attached hydrogens (tertiary/aromatic N) is 4. The van der Waals surface area contributed by atoms with Crippen LogP contribution in [-0.2, 0) is 21.3 Å². The first-order valence-corrected chi connectivity index (χ1v) is 11.9. The van der Waals surface area contributed by atoms with Gasteiger partial charge in [0.2, 0.25) is 0 Å². The first kappa shape index (κ1) is 20.6. The largest absolute Gasteiger partial charge is 0.379 e. The lowest BCUT2D eigenvalue weighted by atomic mass is 10.1. The summed E-state index contributed by atoms with van der Waals surface area (Å²) in [5.74, 6) is 0. The molecule has 1 aliphatic rings. The molecule has 0 amide bonds. The van der Waals surface area contributed by atoms with Crippen molar-refractivity contribution in [1.29, 1.82) is 0 Å². The number of hydrogen-bond acceptors (Lipinski definition) is 6. The third-order valence-electron chi connectivity index (χ3n) is 5.45. The van der Waals surface area contributed by atoms with Crippen molar-refractivity contribution in [2.45, 2.75) is 11.4 Å². The number of anilines is 1. The van der Waals surface area contributed by atoms with Gasteiger partial charge in [0, 0.05) is 43.2 Å². The van der Waals surface area contributed by atoms with Crippen molar-refractivity contribution >= 4 is 21.4 Å². The maximum atomic E-state index is 12.7. The van der Waals surface area contributed by atoms with Gasteiger partial charge in [0.1, 0.15) is 5.65 Å². The number of rotatable bonds is 6. The van der Waals surface area contributed by atoms with Crippen LogP contribution in [0.4, 0.5) is 5.69 Å². The van der Waals surface area contributed by atoms with E-state index in [2.05, 4.69) is 24.0 Å². The zero-order chi connectivity index (χ0) is 22.0. The zero-order valence-electron chi connectivity index (χ0n) is 17.4. The van der Waals surface area contributed by atoms with Gasteiger partial charge in [0.05, 0.1) is 41.9 Å². The number of hydrogen-bond donors (Lipinski definition) is 1. The summed E-state index contributed by atoms with van der Waals surface area (Å²) in [7, 11) is -3.68. The Bertz CT molecular complexity index is 1330. The van der Waals surface area contributed by atoms with E-state index < -0.39 is 10.0 Å². The summed E-state index contributed by atoms with van der Waals surface area (Å²) in [5.41, 5.74) is 4.10. The van der Waals surface area contributed by atoms with E-state index in [0.29, 0.717) is 5.69 Å². The number of nitrogens with one attached hydrogen (secondary N) is 1. The summed E-state index contributed by atoms with van der Waals surface area (Å²) in [6, 6.07) is 14.0. The van der Waals surface area contributed by atoms with Gasteiger partial charge in [-0.1, -0.05) is 18.2 Å². The van der Waals surface area contributed by atoms with Crippen molar-refractivity contribution in [2.75, 3.05) is 31.0 Å². The topological polar surface area (TPSA) is 88.8 Å². The fraction of sp³-hybridized carbons (Fsp3) is 0.217. The Morgan fingerprint density at radius 2 is 1.78 bits per heavy atom. The molecule has 0 saturated carbocycles.